The Morgan fingerprint density at radius 3 is 1.39 bits per heavy atom. The molecule has 0 aliphatic heterocycles. The molecule has 0 rings (SSSR count). The van der Waals surface area contributed by atoms with Crippen LogP contribution in [0.25, 0.3) is 0 Å². The van der Waals surface area contributed by atoms with Gasteiger partial charge in [-0.25, -0.2) is 0 Å². The molecule has 0 aromatic carbocycles. The van der Waals surface area contributed by atoms with E-state index in [1.54, 1.807) is 0 Å². The molecule has 0 spiro atoms. The molecule has 0 aromatic rings. The fourth-order valence-electron chi connectivity index (χ4n) is 1.37. The Labute approximate surface area is 106 Å². The third kappa shape index (κ3) is 5.31. The standard InChI is InChI=1S/C12H16N2O4/c1-9(15)17-11(3,7-13)5-6-12(4,8-14)18-10(2)16/h5-6H2,1-4H3/t11-,12-/m1/s1. The summed E-state index contributed by atoms with van der Waals surface area (Å²) in [4.78, 5) is 21.7. The van der Waals surface area contributed by atoms with E-state index in [2.05, 4.69) is 0 Å². The first-order chi connectivity index (χ1) is 8.16. The second-order valence-electron chi connectivity index (χ2n) is 4.37. The molecule has 18 heavy (non-hydrogen) atoms. The fourth-order valence-corrected chi connectivity index (χ4v) is 1.37. The average Bonchev–Trinajstić information content (AvgIpc) is 2.25. The zero-order valence-corrected chi connectivity index (χ0v) is 10.9. The van der Waals surface area contributed by atoms with E-state index in [1.807, 2.05) is 12.1 Å². The molecule has 0 fully saturated rings. The largest absolute Gasteiger partial charge is 0.444 e. The number of hydrogen-bond donors (Lipinski definition) is 0. The summed E-state index contributed by atoms with van der Waals surface area (Å²) >= 11 is 0. The number of carbonyl (C=O) groups excluding carboxylic acids is 2. The van der Waals surface area contributed by atoms with Gasteiger partial charge in [-0.1, -0.05) is 0 Å². The summed E-state index contributed by atoms with van der Waals surface area (Å²) in [5.74, 6) is -1.16. The zero-order valence-electron chi connectivity index (χ0n) is 10.9. The minimum atomic E-state index is -1.33. The van der Waals surface area contributed by atoms with Gasteiger partial charge < -0.3 is 9.47 Å². The van der Waals surface area contributed by atoms with E-state index in [9.17, 15) is 9.59 Å². The first kappa shape index (κ1) is 15.9. The van der Waals surface area contributed by atoms with Crippen molar-refractivity contribution in [1.82, 2.24) is 0 Å². The molecule has 6 heteroatoms. The summed E-state index contributed by atoms with van der Waals surface area (Å²) in [5.41, 5.74) is -2.66. The molecular formula is C12H16N2O4. The van der Waals surface area contributed by atoms with E-state index in [4.69, 9.17) is 20.0 Å². The maximum atomic E-state index is 10.9. The molecule has 0 amide bonds. The van der Waals surface area contributed by atoms with Crippen LogP contribution in [0, 0.1) is 22.7 Å². The van der Waals surface area contributed by atoms with Crippen molar-refractivity contribution in [1.29, 1.82) is 10.5 Å². The minimum absolute atomic E-state index is 0.0976. The lowest BCUT2D eigenvalue weighted by Crippen LogP contribution is -2.35. The van der Waals surface area contributed by atoms with Crippen LogP contribution in [0.2, 0.25) is 0 Å². The van der Waals surface area contributed by atoms with Crippen molar-refractivity contribution in [2.45, 2.75) is 51.7 Å². The van der Waals surface area contributed by atoms with E-state index >= 15 is 0 Å². The maximum absolute atomic E-state index is 10.9. The molecule has 0 bridgehead atoms. The van der Waals surface area contributed by atoms with Crippen molar-refractivity contribution in [2.75, 3.05) is 0 Å². The lowest BCUT2D eigenvalue weighted by Gasteiger charge is -2.26. The van der Waals surface area contributed by atoms with Crippen LogP contribution in [0.5, 0.6) is 0 Å². The van der Waals surface area contributed by atoms with Crippen molar-refractivity contribution in [3.63, 3.8) is 0 Å². The fraction of sp³-hybridized carbons (Fsp3) is 0.667. The lowest BCUT2D eigenvalue weighted by molar-refractivity contribution is -0.156. The smallest absolute Gasteiger partial charge is 0.304 e. The quantitative estimate of drug-likeness (QED) is 0.686. The van der Waals surface area contributed by atoms with Crippen LogP contribution in [-0.4, -0.2) is 23.1 Å². The Morgan fingerprint density at radius 2 is 1.22 bits per heavy atom. The molecule has 0 heterocycles. The SMILES string of the molecule is CC(=O)O[C@@](C)(C#N)CC[C@](C)(C#N)OC(C)=O. The van der Waals surface area contributed by atoms with Gasteiger partial charge in [-0.2, -0.15) is 10.5 Å². The minimum Gasteiger partial charge on any atom is -0.444 e. The van der Waals surface area contributed by atoms with Gasteiger partial charge in [0, 0.05) is 26.7 Å². The summed E-state index contributed by atoms with van der Waals surface area (Å²) in [5, 5.41) is 17.9. The van der Waals surface area contributed by atoms with Crippen LogP contribution < -0.4 is 0 Å². The number of hydrogen-bond acceptors (Lipinski definition) is 6. The zero-order chi connectivity index (χ0) is 14.4. The highest BCUT2D eigenvalue weighted by Gasteiger charge is 2.34. The molecular weight excluding hydrogens is 236 g/mol. The van der Waals surface area contributed by atoms with Gasteiger partial charge in [-0.15, -0.1) is 0 Å². The molecule has 0 aromatic heterocycles. The summed E-state index contributed by atoms with van der Waals surface area (Å²) in [6.07, 6.45) is 0.195. The monoisotopic (exact) mass is 252 g/mol. The molecule has 98 valence electrons. The lowest BCUT2D eigenvalue weighted by atomic mass is 9.93. The predicted octanol–water partition coefficient (Wildman–Crippen LogP) is 1.46. The van der Waals surface area contributed by atoms with Crippen molar-refractivity contribution >= 4 is 11.9 Å². The Kier molecular flexibility index (Phi) is 5.32. The van der Waals surface area contributed by atoms with E-state index in [-0.39, 0.29) is 12.8 Å². The van der Waals surface area contributed by atoms with Crippen LogP contribution in [0.1, 0.15) is 40.5 Å². The average molecular weight is 252 g/mol. The Balaban J connectivity index is 4.71. The van der Waals surface area contributed by atoms with Gasteiger partial charge in [0.05, 0.1) is 0 Å². The number of esters is 2. The van der Waals surface area contributed by atoms with Gasteiger partial charge in [0.2, 0.25) is 0 Å². The number of rotatable bonds is 5. The second kappa shape index (κ2) is 6.02. The van der Waals surface area contributed by atoms with Gasteiger partial charge in [0.25, 0.3) is 0 Å². The maximum Gasteiger partial charge on any atom is 0.304 e. The van der Waals surface area contributed by atoms with Gasteiger partial charge in [-0.05, 0) is 13.8 Å². The van der Waals surface area contributed by atoms with Gasteiger partial charge in [0.15, 0.2) is 11.2 Å². The summed E-state index contributed by atoms with van der Waals surface area (Å²) < 4.78 is 9.76. The predicted molar refractivity (Wildman–Crippen MR) is 60.8 cm³/mol. The van der Waals surface area contributed by atoms with E-state index in [1.165, 1.54) is 27.7 Å². The van der Waals surface area contributed by atoms with Crippen LogP contribution in [0.3, 0.4) is 0 Å². The third-order valence-corrected chi connectivity index (χ3v) is 2.29. The number of nitriles is 2. The summed E-state index contributed by atoms with van der Waals surface area (Å²) in [6.45, 7) is 5.29. The Hall–Kier alpha value is -2.08. The summed E-state index contributed by atoms with van der Waals surface area (Å²) in [6, 6.07) is 3.73. The second-order valence-corrected chi connectivity index (χ2v) is 4.37. The van der Waals surface area contributed by atoms with Gasteiger partial charge >= 0.3 is 11.9 Å². The Morgan fingerprint density at radius 1 is 0.944 bits per heavy atom. The first-order valence-electron chi connectivity index (χ1n) is 5.38. The highest BCUT2D eigenvalue weighted by Crippen LogP contribution is 2.25. The van der Waals surface area contributed by atoms with Crippen molar-refractivity contribution in [2.24, 2.45) is 0 Å². The van der Waals surface area contributed by atoms with Crippen molar-refractivity contribution in [3.8, 4) is 12.1 Å². The highest BCUT2D eigenvalue weighted by atomic mass is 16.6. The highest BCUT2D eigenvalue weighted by molar-refractivity contribution is 5.67. The van der Waals surface area contributed by atoms with Crippen LogP contribution in [0.15, 0.2) is 0 Å². The molecule has 6 nitrogen and oxygen atoms in total. The molecule has 0 radical (unpaired) electrons. The third-order valence-electron chi connectivity index (χ3n) is 2.29. The van der Waals surface area contributed by atoms with Crippen LogP contribution >= 0.6 is 0 Å². The topological polar surface area (TPSA) is 100 Å². The van der Waals surface area contributed by atoms with Crippen molar-refractivity contribution < 1.29 is 19.1 Å². The molecule has 0 unspecified atom stereocenters. The first-order valence-corrected chi connectivity index (χ1v) is 5.38. The molecule has 2 atom stereocenters. The van der Waals surface area contributed by atoms with Crippen LogP contribution in [-0.2, 0) is 19.1 Å². The molecule has 0 N–H and O–H groups in total. The van der Waals surface area contributed by atoms with E-state index in [0.717, 1.165) is 0 Å². The number of nitrogens with zero attached hydrogens (tertiary/aromatic N) is 2. The number of ether oxygens (including phenoxy) is 2. The van der Waals surface area contributed by atoms with Gasteiger partial charge in [0.1, 0.15) is 12.1 Å². The molecule has 0 aliphatic carbocycles. The van der Waals surface area contributed by atoms with Gasteiger partial charge in [-0.3, -0.25) is 9.59 Å². The molecule has 0 saturated carbocycles. The van der Waals surface area contributed by atoms with Crippen LogP contribution in [0.4, 0.5) is 0 Å². The van der Waals surface area contributed by atoms with Crippen molar-refractivity contribution in [3.05, 3.63) is 0 Å². The molecule has 0 aliphatic rings. The van der Waals surface area contributed by atoms with E-state index < -0.39 is 23.1 Å². The normalized spacial score (nSPS) is 16.3. The Bertz CT molecular complexity index is 381. The summed E-state index contributed by atoms with van der Waals surface area (Å²) in [7, 11) is 0. The number of carbonyl (C=O) groups is 2. The van der Waals surface area contributed by atoms with E-state index in [0.29, 0.717) is 0 Å². The molecule has 0 saturated heterocycles.